The number of ether oxygens (including phenoxy) is 3. The number of benzene rings is 1. The Balaban J connectivity index is 1.51. The zero-order valence-electron chi connectivity index (χ0n) is 15.5. The quantitative estimate of drug-likeness (QED) is 0.767. The summed E-state index contributed by atoms with van der Waals surface area (Å²) in [5.41, 5.74) is 0. The van der Waals surface area contributed by atoms with Crippen molar-refractivity contribution in [1.29, 1.82) is 0 Å². The van der Waals surface area contributed by atoms with Gasteiger partial charge < -0.3 is 14.2 Å². The topological polar surface area (TPSA) is 77.1 Å². The van der Waals surface area contributed by atoms with E-state index >= 15 is 0 Å². The van der Waals surface area contributed by atoms with Crippen molar-refractivity contribution in [2.24, 2.45) is 0 Å². The molecule has 0 bridgehead atoms. The van der Waals surface area contributed by atoms with Gasteiger partial charge in [0.15, 0.2) is 11.5 Å². The highest BCUT2D eigenvalue weighted by molar-refractivity contribution is 7.89. The molecule has 0 spiro atoms. The zero-order chi connectivity index (χ0) is 19.4. The Hall–Kier alpha value is -1.65. The molecule has 4 rings (SSSR count). The average molecular weight is 425 g/mol. The molecule has 1 N–H and O–H groups in total. The number of fused-ring (bicyclic) bond motifs is 1. The monoisotopic (exact) mass is 424 g/mol. The fourth-order valence-corrected chi connectivity index (χ4v) is 5.28. The van der Waals surface area contributed by atoms with Crippen molar-refractivity contribution in [3.63, 3.8) is 0 Å². The van der Waals surface area contributed by atoms with Crippen LogP contribution in [-0.2, 0) is 14.8 Å². The third-order valence-corrected chi connectivity index (χ3v) is 7.25. The van der Waals surface area contributed by atoms with E-state index in [9.17, 15) is 8.42 Å². The van der Waals surface area contributed by atoms with Crippen molar-refractivity contribution in [2.75, 3.05) is 46.1 Å². The molecule has 9 heteroatoms. The summed E-state index contributed by atoms with van der Waals surface area (Å²) in [7, 11) is -3.67. The van der Waals surface area contributed by atoms with Crippen LogP contribution in [0.1, 0.15) is 17.3 Å². The number of rotatable bonds is 6. The predicted molar refractivity (Wildman–Crippen MR) is 107 cm³/mol. The second-order valence-corrected chi connectivity index (χ2v) is 9.44. The molecule has 1 saturated heterocycles. The van der Waals surface area contributed by atoms with Crippen molar-refractivity contribution < 1.29 is 22.6 Å². The molecule has 1 aromatic carbocycles. The molecule has 0 aliphatic carbocycles. The van der Waals surface area contributed by atoms with Crippen LogP contribution in [0, 0.1) is 0 Å². The Kier molecular flexibility index (Phi) is 6.17. The van der Waals surface area contributed by atoms with Crippen LogP contribution in [0.5, 0.6) is 11.5 Å². The highest BCUT2D eigenvalue weighted by Crippen LogP contribution is 2.32. The van der Waals surface area contributed by atoms with E-state index in [2.05, 4.69) is 9.62 Å². The minimum atomic E-state index is -3.67. The van der Waals surface area contributed by atoms with Gasteiger partial charge in [0.1, 0.15) is 0 Å². The minimum absolute atomic E-state index is 0.0147. The van der Waals surface area contributed by atoms with Crippen molar-refractivity contribution in [3.05, 3.63) is 40.6 Å². The van der Waals surface area contributed by atoms with Gasteiger partial charge >= 0.3 is 0 Å². The largest absolute Gasteiger partial charge is 0.490 e. The molecule has 2 aliphatic heterocycles. The fourth-order valence-electron chi connectivity index (χ4n) is 3.36. The molecule has 2 aliphatic rings. The van der Waals surface area contributed by atoms with Crippen LogP contribution in [0.15, 0.2) is 40.6 Å². The lowest BCUT2D eigenvalue weighted by atomic mass is 10.2. The van der Waals surface area contributed by atoms with Crippen molar-refractivity contribution >= 4 is 21.4 Å². The van der Waals surface area contributed by atoms with Crippen LogP contribution >= 0.6 is 11.3 Å². The Morgan fingerprint density at radius 2 is 1.86 bits per heavy atom. The number of hydrogen-bond donors (Lipinski definition) is 1. The lowest BCUT2D eigenvalue weighted by Gasteiger charge is -2.34. The van der Waals surface area contributed by atoms with Gasteiger partial charge in [-0.2, -0.15) is 0 Å². The van der Waals surface area contributed by atoms with E-state index in [0.29, 0.717) is 44.5 Å². The molecule has 2 aromatic rings. The van der Waals surface area contributed by atoms with Gasteiger partial charge in [-0.05, 0) is 23.6 Å². The van der Waals surface area contributed by atoms with E-state index in [-0.39, 0.29) is 10.9 Å². The summed E-state index contributed by atoms with van der Waals surface area (Å²) in [6, 6.07) is 8.79. The summed E-state index contributed by atoms with van der Waals surface area (Å²) < 4.78 is 45.3. The molecule has 1 aromatic heterocycles. The SMILES string of the molecule is O=S(=O)(NC[C@@H](c1cccs1)N1CCOCC1)c1ccc2c(c1)OCCCO2. The first-order valence-corrected chi connectivity index (χ1v) is 11.7. The van der Waals surface area contributed by atoms with E-state index in [4.69, 9.17) is 14.2 Å². The maximum absolute atomic E-state index is 12.9. The molecule has 3 heterocycles. The standard InChI is InChI=1S/C19H24N2O5S2/c22-28(23,15-4-5-17-18(13-15)26-9-2-8-25-17)20-14-16(19-3-1-12-27-19)21-6-10-24-11-7-21/h1,3-5,12-13,16,20H,2,6-11,14H2/t16-/m0/s1. The van der Waals surface area contributed by atoms with Crippen molar-refractivity contribution in [2.45, 2.75) is 17.4 Å². The summed E-state index contributed by atoms with van der Waals surface area (Å²) in [6.07, 6.45) is 0.775. The van der Waals surface area contributed by atoms with E-state index in [1.165, 1.54) is 6.07 Å². The number of thiophene rings is 1. The van der Waals surface area contributed by atoms with E-state index in [0.717, 1.165) is 24.4 Å². The third-order valence-electron chi connectivity index (χ3n) is 4.85. The molecule has 0 unspecified atom stereocenters. The van der Waals surface area contributed by atoms with Crippen LogP contribution < -0.4 is 14.2 Å². The lowest BCUT2D eigenvalue weighted by molar-refractivity contribution is 0.0179. The maximum atomic E-state index is 12.9. The Morgan fingerprint density at radius 1 is 1.07 bits per heavy atom. The van der Waals surface area contributed by atoms with Gasteiger partial charge in [0.05, 0.1) is 37.4 Å². The highest BCUT2D eigenvalue weighted by Gasteiger charge is 2.26. The second kappa shape index (κ2) is 8.79. The number of morpholine rings is 1. The summed E-state index contributed by atoms with van der Waals surface area (Å²) in [6.45, 7) is 4.29. The van der Waals surface area contributed by atoms with Crippen LogP contribution in [0.4, 0.5) is 0 Å². The van der Waals surface area contributed by atoms with Crippen LogP contribution in [0.3, 0.4) is 0 Å². The van der Waals surface area contributed by atoms with Gasteiger partial charge in [0.25, 0.3) is 0 Å². The predicted octanol–water partition coefficient (Wildman–Crippen LogP) is 2.26. The second-order valence-electron chi connectivity index (χ2n) is 6.69. The molecule has 1 atom stereocenters. The van der Waals surface area contributed by atoms with Gasteiger partial charge in [-0.1, -0.05) is 6.07 Å². The normalized spacial score (nSPS) is 19.1. The summed E-state index contributed by atoms with van der Waals surface area (Å²) >= 11 is 1.64. The maximum Gasteiger partial charge on any atom is 0.240 e. The Morgan fingerprint density at radius 3 is 2.61 bits per heavy atom. The van der Waals surface area contributed by atoms with Crippen LogP contribution in [0.2, 0.25) is 0 Å². The number of nitrogens with zero attached hydrogens (tertiary/aromatic N) is 1. The van der Waals surface area contributed by atoms with Gasteiger partial charge in [-0.3, -0.25) is 4.90 Å². The smallest absolute Gasteiger partial charge is 0.240 e. The van der Waals surface area contributed by atoms with E-state index < -0.39 is 10.0 Å². The molecular formula is C19H24N2O5S2. The van der Waals surface area contributed by atoms with Crippen LogP contribution in [-0.4, -0.2) is 59.4 Å². The first-order valence-electron chi connectivity index (χ1n) is 9.38. The van der Waals surface area contributed by atoms with Gasteiger partial charge in [-0.15, -0.1) is 11.3 Å². The molecular weight excluding hydrogens is 400 g/mol. The minimum Gasteiger partial charge on any atom is -0.490 e. The number of nitrogens with one attached hydrogen (secondary N) is 1. The molecule has 0 saturated carbocycles. The zero-order valence-corrected chi connectivity index (χ0v) is 17.1. The van der Waals surface area contributed by atoms with Crippen LogP contribution in [0.25, 0.3) is 0 Å². The van der Waals surface area contributed by atoms with E-state index in [1.807, 2.05) is 17.5 Å². The fraction of sp³-hybridized carbons (Fsp3) is 0.474. The van der Waals surface area contributed by atoms with Gasteiger partial charge in [-0.25, -0.2) is 13.1 Å². The molecule has 1 fully saturated rings. The Bertz CT molecular complexity index is 880. The first kappa shape index (κ1) is 19.7. The summed E-state index contributed by atoms with van der Waals surface area (Å²) in [4.78, 5) is 3.60. The first-order chi connectivity index (χ1) is 13.6. The molecule has 0 amide bonds. The van der Waals surface area contributed by atoms with Gasteiger partial charge in [0, 0.05) is 37.0 Å². The lowest BCUT2D eigenvalue weighted by Crippen LogP contribution is -2.43. The summed E-state index contributed by atoms with van der Waals surface area (Å²) in [5, 5.41) is 2.01. The molecule has 28 heavy (non-hydrogen) atoms. The molecule has 152 valence electrons. The number of sulfonamides is 1. The molecule has 7 nitrogen and oxygen atoms in total. The number of hydrogen-bond acceptors (Lipinski definition) is 7. The van der Waals surface area contributed by atoms with Crippen molar-refractivity contribution in [3.8, 4) is 11.5 Å². The van der Waals surface area contributed by atoms with Crippen molar-refractivity contribution in [1.82, 2.24) is 9.62 Å². The third kappa shape index (κ3) is 4.49. The highest BCUT2D eigenvalue weighted by atomic mass is 32.2. The molecule has 0 radical (unpaired) electrons. The Labute approximate surface area is 169 Å². The average Bonchev–Trinajstić information content (AvgIpc) is 3.13. The van der Waals surface area contributed by atoms with E-state index in [1.54, 1.807) is 23.5 Å². The van der Waals surface area contributed by atoms with Gasteiger partial charge in [0.2, 0.25) is 10.0 Å². The summed E-state index contributed by atoms with van der Waals surface area (Å²) in [5.74, 6) is 1.06.